The molecule has 0 radical (unpaired) electrons. The largest absolute Gasteiger partial charge is 0.497 e. The van der Waals surface area contributed by atoms with Crippen LogP contribution in [0.3, 0.4) is 0 Å². The number of nitrogens with one attached hydrogen (secondary N) is 1. The lowest BCUT2D eigenvalue weighted by atomic mass is 10.1. The molecule has 3 rings (SSSR count). The summed E-state index contributed by atoms with van der Waals surface area (Å²) in [6.07, 6.45) is 0.303. The van der Waals surface area contributed by atoms with Crippen molar-refractivity contribution in [3.8, 4) is 5.75 Å². The molecule has 0 bridgehead atoms. The summed E-state index contributed by atoms with van der Waals surface area (Å²) in [6.45, 7) is 2.79. The van der Waals surface area contributed by atoms with Crippen LogP contribution in [0.4, 0.5) is 11.4 Å². The van der Waals surface area contributed by atoms with Crippen molar-refractivity contribution >= 4 is 40.2 Å². The number of aryl methyl sites for hydroxylation is 1. The SMILES string of the molecule is COc1cccc(CC(=O)Nc2ccc(N(C)Cc3ccc(Cl)s3)cc2C)c1. The fourth-order valence-electron chi connectivity index (χ4n) is 2.95. The van der Waals surface area contributed by atoms with E-state index in [1.807, 2.05) is 62.5 Å². The van der Waals surface area contributed by atoms with Gasteiger partial charge in [-0.25, -0.2) is 0 Å². The molecule has 6 heteroatoms. The minimum Gasteiger partial charge on any atom is -0.497 e. The average molecular weight is 415 g/mol. The van der Waals surface area contributed by atoms with Gasteiger partial charge in [0.2, 0.25) is 5.91 Å². The Kier molecular flexibility index (Phi) is 6.60. The van der Waals surface area contributed by atoms with Crippen molar-refractivity contribution in [1.82, 2.24) is 0 Å². The summed E-state index contributed by atoms with van der Waals surface area (Å²) in [4.78, 5) is 15.8. The molecule has 0 fully saturated rings. The van der Waals surface area contributed by atoms with Crippen molar-refractivity contribution < 1.29 is 9.53 Å². The molecule has 1 aromatic heterocycles. The standard InChI is InChI=1S/C22H23ClN2O2S/c1-15-11-17(25(2)14-19-8-10-21(23)28-19)7-9-20(15)24-22(26)13-16-5-4-6-18(12-16)27-3/h4-12H,13-14H2,1-3H3,(H,24,26). The van der Waals surface area contributed by atoms with Gasteiger partial charge in [0.05, 0.1) is 24.4 Å². The third-order valence-electron chi connectivity index (χ3n) is 4.45. The average Bonchev–Trinajstić information content (AvgIpc) is 3.08. The van der Waals surface area contributed by atoms with Crippen LogP contribution in [0.15, 0.2) is 54.6 Å². The quantitative estimate of drug-likeness (QED) is 0.552. The molecule has 0 aliphatic heterocycles. The maximum absolute atomic E-state index is 12.4. The van der Waals surface area contributed by atoms with Gasteiger partial charge in [0.25, 0.3) is 0 Å². The smallest absolute Gasteiger partial charge is 0.228 e. The Morgan fingerprint density at radius 1 is 1.18 bits per heavy atom. The van der Waals surface area contributed by atoms with Gasteiger partial charge in [0.1, 0.15) is 5.75 Å². The maximum atomic E-state index is 12.4. The number of methoxy groups -OCH3 is 1. The zero-order valence-electron chi connectivity index (χ0n) is 16.2. The number of hydrogen-bond acceptors (Lipinski definition) is 4. The summed E-state index contributed by atoms with van der Waals surface area (Å²) in [6, 6.07) is 17.6. The van der Waals surface area contributed by atoms with Gasteiger partial charge in [-0.3, -0.25) is 4.79 Å². The van der Waals surface area contributed by atoms with E-state index in [0.717, 1.165) is 39.1 Å². The number of halogens is 1. The van der Waals surface area contributed by atoms with E-state index in [1.165, 1.54) is 4.88 Å². The summed E-state index contributed by atoms with van der Waals surface area (Å²) >= 11 is 7.60. The first-order valence-electron chi connectivity index (χ1n) is 8.93. The van der Waals surface area contributed by atoms with Crippen LogP contribution in [0, 0.1) is 6.92 Å². The second-order valence-corrected chi connectivity index (χ2v) is 8.44. The number of nitrogens with zero attached hydrogens (tertiary/aromatic N) is 1. The summed E-state index contributed by atoms with van der Waals surface area (Å²) in [5.41, 5.74) is 3.85. The van der Waals surface area contributed by atoms with Crippen LogP contribution in [0.5, 0.6) is 5.75 Å². The van der Waals surface area contributed by atoms with Crippen molar-refractivity contribution in [3.05, 3.63) is 74.9 Å². The predicted octanol–water partition coefficient (Wildman–Crippen LogP) is 5.54. The van der Waals surface area contributed by atoms with Gasteiger partial charge >= 0.3 is 0 Å². The Morgan fingerprint density at radius 3 is 2.68 bits per heavy atom. The van der Waals surface area contributed by atoms with Gasteiger partial charge in [-0.2, -0.15) is 0 Å². The molecule has 0 aliphatic carbocycles. The molecule has 1 N–H and O–H groups in total. The first-order chi connectivity index (χ1) is 13.4. The van der Waals surface area contributed by atoms with Crippen LogP contribution in [-0.4, -0.2) is 20.1 Å². The molecular formula is C22H23ClN2O2S. The number of carbonyl (C=O) groups excluding carboxylic acids is 1. The molecule has 1 amide bonds. The van der Waals surface area contributed by atoms with E-state index in [9.17, 15) is 4.79 Å². The molecule has 146 valence electrons. The van der Waals surface area contributed by atoms with Crippen LogP contribution in [-0.2, 0) is 17.8 Å². The van der Waals surface area contributed by atoms with E-state index in [-0.39, 0.29) is 5.91 Å². The van der Waals surface area contributed by atoms with Crippen LogP contribution >= 0.6 is 22.9 Å². The predicted molar refractivity (Wildman–Crippen MR) is 118 cm³/mol. The molecule has 0 unspecified atom stereocenters. The Hall–Kier alpha value is -2.50. The Morgan fingerprint density at radius 2 is 2.00 bits per heavy atom. The molecule has 0 saturated heterocycles. The molecule has 2 aromatic carbocycles. The summed E-state index contributed by atoms with van der Waals surface area (Å²) < 4.78 is 6.01. The van der Waals surface area contributed by atoms with E-state index < -0.39 is 0 Å². The van der Waals surface area contributed by atoms with Crippen LogP contribution in [0.1, 0.15) is 16.0 Å². The minimum atomic E-state index is -0.0503. The number of rotatable bonds is 7. The molecule has 0 saturated carbocycles. The topological polar surface area (TPSA) is 41.6 Å². The second-order valence-electron chi connectivity index (χ2n) is 6.64. The van der Waals surface area contributed by atoms with E-state index >= 15 is 0 Å². The van der Waals surface area contributed by atoms with Crippen molar-refractivity contribution in [2.24, 2.45) is 0 Å². The maximum Gasteiger partial charge on any atom is 0.228 e. The number of hydrogen-bond donors (Lipinski definition) is 1. The molecule has 1 heterocycles. The van der Waals surface area contributed by atoms with Crippen LogP contribution in [0.2, 0.25) is 4.34 Å². The zero-order valence-corrected chi connectivity index (χ0v) is 17.7. The highest BCUT2D eigenvalue weighted by Crippen LogP contribution is 2.27. The third-order valence-corrected chi connectivity index (χ3v) is 5.66. The summed E-state index contributed by atoms with van der Waals surface area (Å²) in [7, 11) is 3.66. The van der Waals surface area contributed by atoms with Crippen molar-refractivity contribution in [2.45, 2.75) is 19.9 Å². The van der Waals surface area contributed by atoms with Gasteiger partial charge < -0.3 is 15.0 Å². The molecule has 0 atom stereocenters. The van der Waals surface area contributed by atoms with Crippen molar-refractivity contribution in [2.75, 3.05) is 24.4 Å². The number of ether oxygens (including phenoxy) is 1. The molecule has 4 nitrogen and oxygen atoms in total. The van der Waals surface area contributed by atoms with Gasteiger partial charge in [-0.05, 0) is 60.5 Å². The second kappa shape index (κ2) is 9.13. The first-order valence-corrected chi connectivity index (χ1v) is 10.1. The van der Waals surface area contributed by atoms with Crippen LogP contribution in [0.25, 0.3) is 0 Å². The Labute approximate surface area is 174 Å². The summed E-state index contributed by atoms with van der Waals surface area (Å²) in [5, 5.41) is 3.00. The lowest BCUT2D eigenvalue weighted by molar-refractivity contribution is -0.115. The van der Waals surface area contributed by atoms with Gasteiger partial charge in [0, 0.05) is 23.3 Å². The number of thiophene rings is 1. The molecule has 3 aromatic rings. The first kappa shape index (κ1) is 20.2. The Bertz CT molecular complexity index is 971. The highest BCUT2D eigenvalue weighted by molar-refractivity contribution is 7.16. The van der Waals surface area contributed by atoms with Crippen molar-refractivity contribution in [3.63, 3.8) is 0 Å². The minimum absolute atomic E-state index is 0.0503. The van der Waals surface area contributed by atoms with Gasteiger partial charge in [-0.15, -0.1) is 11.3 Å². The number of carbonyl (C=O) groups is 1. The fourth-order valence-corrected chi connectivity index (χ4v) is 4.09. The highest BCUT2D eigenvalue weighted by atomic mass is 35.5. The van der Waals surface area contributed by atoms with Crippen molar-refractivity contribution in [1.29, 1.82) is 0 Å². The van der Waals surface area contributed by atoms with Gasteiger partial charge in [0.15, 0.2) is 0 Å². The highest BCUT2D eigenvalue weighted by Gasteiger charge is 2.10. The molecule has 28 heavy (non-hydrogen) atoms. The zero-order chi connectivity index (χ0) is 20.1. The number of anilines is 2. The lowest BCUT2D eigenvalue weighted by Gasteiger charge is -2.20. The molecule has 0 spiro atoms. The lowest BCUT2D eigenvalue weighted by Crippen LogP contribution is -2.17. The van der Waals surface area contributed by atoms with Gasteiger partial charge in [-0.1, -0.05) is 23.7 Å². The molecule has 0 aliphatic rings. The Balaban J connectivity index is 1.63. The monoisotopic (exact) mass is 414 g/mol. The van der Waals surface area contributed by atoms with E-state index in [1.54, 1.807) is 18.4 Å². The molecular weight excluding hydrogens is 392 g/mol. The van der Waals surface area contributed by atoms with E-state index in [4.69, 9.17) is 16.3 Å². The van der Waals surface area contributed by atoms with E-state index in [0.29, 0.717) is 6.42 Å². The normalized spacial score (nSPS) is 10.6. The van der Waals surface area contributed by atoms with E-state index in [2.05, 4.69) is 16.3 Å². The number of benzene rings is 2. The van der Waals surface area contributed by atoms with Crippen LogP contribution < -0.4 is 15.0 Å². The third kappa shape index (κ3) is 5.27. The summed E-state index contributed by atoms with van der Waals surface area (Å²) in [5.74, 6) is 0.701. The number of amides is 1. The fraction of sp³-hybridized carbons (Fsp3) is 0.227.